The third-order valence-electron chi connectivity index (χ3n) is 1.76. The summed E-state index contributed by atoms with van der Waals surface area (Å²) in [6.07, 6.45) is 0. The highest BCUT2D eigenvalue weighted by Gasteiger charge is 1.99. The van der Waals surface area contributed by atoms with Crippen LogP contribution in [-0.2, 0) is 0 Å². The van der Waals surface area contributed by atoms with Crippen LogP contribution in [-0.4, -0.2) is 0 Å². The summed E-state index contributed by atoms with van der Waals surface area (Å²) < 4.78 is 12.7. The molecule has 1 aromatic carbocycles. The van der Waals surface area contributed by atoms with Gasteiger partial charge in [0, 0.05) is 4.88 Å². The Balaban J connectivity index is 2.86. The Morgan fingerprint density at radius 3 is 3.00 bits per heavy atom. The van der Waals surface area contributed by atoms with Gasteiger partial charge in [0.15, 0.2) is 0 Å². The predicted octanol–water partition coefficient (Wildman–Crippen LogP) is 3.35. The highest BCUT2D eigenvalue weighted by Crippen LogP contribution is 2.24. The van der Waals surface area contributed by atoms with E-state index in [1.807, 2.05) is 18.4 Å². The fraction of sp³-hybridized carbons (Fsp3) is 0.111. The van der Waals surface area contributed by atoms with Crippen LogP contribution in [0.5, 0.6) is 0 Å². The zero-order valence-corrected chi connectivity index (χ0v) is 6.91. The van der Waals surface area contributed by atoms with E-state index in [0.717, 1.165) is 10.8 Å². The lowest BCUT2D eigenvalue weighted by molar-refractivity contribution is 0.630. The molecule has 56 valence electrons. The van der Waals surface area contributed by atoms with Crippen LogP contribution >= 0.6 is 11.3 Å². The van der Waals surface area contributed by atoms with Crippen molar-refractivity contribution in [1.29, 1.82) is 0 Å². The predicted molar refractivity (Wildman–Crippen MR) is 46.5 cm³/mol. The van der Waals surface area contributed by atoms with Crippen LogP contribution < -0.4 is 0 Å². The second-order valence-corrected chi connectivity index (χ2v) is 3.61. The molecule has 0 aliphatic heterocycles. The summed E-state index contributed by atoms with van der Waals surface area (Å²) in [6.45, 7) is 2.05. The molecule has 2 heteroatoms. The fourth-order valence-corrected chi connectivity index (χ4v) is 1.98. The van der Waals surface area contributed by atoms with Gasteiger partial charge in [0.2, 0.25) is 0 Å². The largest absolute Gasteiger partial charge is 0.207 e. The zero-order chi connectivity index (χ0) is 7.84. The van der Waals surface area contributed by atoms with Crippen molar-refractivity contribution in [3.8, 4) is 0 Å². The minimum atomic E-state index is -0.157. The molecule has 0 saturated heterocycles. The molecule has 0 N–H and O–H groups in total. The molecule has 0 spiro atoms. The van der Waals surface area contributed by atoms with Gasteiger partial charge in [0.05, 0.1) is 0 Å². The molecule has 0 radical (unpaired) electrons. The first-order chi connectivity index (χ1) is 5.27. The highest BCUT2D eigenvalue weighted by atomic mass is 32.1. The normalized spacial score (nSPS) is 10.7. The van der Waals surface area contributed by atoms with Gasteiger partial charge in [-0.2, -0.15) is 0 Å². The second-order valence-electron chi connectivity index (χ2n) is 2.52. The molecule has 0 saturated carbocycles. The van der Waals surface area contributed by atoms with Crippen molar-refractivity contribution in [1.82, 2.24) is 0 Å². The van der Waals surface area contributed by atoms with Gasteiger partial charge in [-0.25, -0.2) is 4.39 Å². The molecule has 0 bridgehead atoms. The summed E-state index contributed by atoms with van der Waals surface area (Å²) in [5.74, 6) is -0.157. The third kappa shape index (κ3) is 1.03. The maximum atomic E-state index is 12.7. The Morgan fingerprint density at radius 2 is 2.18 bits per heavy atom. The molecule has 2 aromatic rings. The Bertz CT molecular complexity index is 389. The third-order valence-corrected chi connectivity index (χ3v) is 2.70. The molecular weight excluding hydrogens is 159 g/mol. The van der Waals surface area contributed by atoms with E-state index >= 15 is 0 Å². The SMILES string of the molecule is Cc1scc2cc(F)ccc12. The van der Waals surface area contributed by atoms with E-state index in [4.69, 9.17) is 0 Å². The maximum Gasteiger partial charge on any atom is 0.123 e. The fourth-order valence-electron chi connectivity index (χ4n) is 1.17. The Labute approximate surface area is 68.3 Å². The first kappa shape index (κ1) is 6.80. The maximum absolute atomic E-state index is 12.7. The van der Waals surface area contributed by atoms with Crippen LogP contribution in [0.2, 0.25) is 0 Å². The molecule has 0 aliphatic rings. The van der Waals surface area contributed by atoms with Crippen LogP contribution in [0.25, 0.3) is 10.8 Å². The van der Waals surface area contributed by atoms with Crippen molar-refractivity contribution in [2.45, 2.75) is 6.92 Å². The minimum absolute atomic E-state index is 0.157. The summed E-state index contributed by atoms with van der Waals surface area (Å²) in [6, 6.07) is 4.90. The molecule has 1 aromatic heterocycles. The average molecular weight is 166 g/mol. The van der Waals surface area contributed by atoms with Crippen molar-refractivity contribution in [3.05, 3.63) is 34.3 Å². The summed E-state index contributed by atoms with van der Waals surface area (Å²) in [7, 11) is 0. The van der Waals surface area contributed by atoms with Crippen molar-refractivity contribution >= 4 is 22.1 Å². The van der Waals surface area contributed by atoms with Gasteiger partial charge in [0.25, 0.3) is 0 Å². The lowest BCUT2D eigenvalue weighted by atomic mass is 10.2. The van der Waals surface area contributed by atoms with Crippen LogP contribution in [0, 0.1) is 12.7 Å². The molecule has 1 heterocycles. The van der Waals surface area contributed by atoms with Gasteiger partial charge < -0.3 is 0 Å². The van der Waals surface area contributed by atoms with Crippen LogP contribution in [0.1, 0.15) is 4.88 Å². The summed E-state index contributed by atoms with van der Waals surface area (Å²) >= 11 is 1.66. The van der Waals surface area contributed by atoms with Crippen LogP contribution in [0.3, 0.4) is 0 Å². The molecule has 11 heavy (non-hydrogen) atoms. The van der Waals surface area contributed by atoms with Gasteiger partial charge in [-0.3, -0.25) is 0 Å². The summed E-state index contributed by atoms with van der Waals surface area (Å²) in [5, 5.41) is 4.15. The zero-order valence-electron chi connectivity index (χ0n) is 6.10. The quantitative estimate of drug-likeness (QED) is 0.563. The standard InChI is InChI=1S/C9H7FS/c1-6-9-3-2-8(10)4-7(9)5-11-6/h2-5H,1H3. The number of rotatable bonds is 0. The van der Waals surface area contributed by atoms with Gasteiger partial charge in [-0.05, 0) is 35.2 Å². The van der Waals surface area contributed by atoms with E-state index in [1.54, 1.807) is 17.4 Å². The number of fused-ring (bicyclic) bond motifs is 1. The molecule has 0 fully saturated rings. The topological polar surface area (TPSA) is 0 Å². The van der Waals surface area contributed by atoms with Crippen molar-refractivity contribution in [2.24, 2.45) is 0 Å². The van der Waals surface area contributed by atoms with Crippen LogP contribution in [0.15, 0.2) is 23.6 Å². The number of hydrogen-bond donors (Lipinski definition) is 0. The van der Waals surface area contributed by atoms with Gasteiger partial charge >= 0.3 is 0 Å². The van der Waals surface area contributed by atoms with Gasteiger partial charge in [-0.1, -0.05) is 6.07 Å². The van der Waals surface area contributed by atoms with E-state index in [1.165, 1.54) is 10.9 Å². The van der Waals surface area contributed by atoms with Crippen molar-refractivity contribution in [3.63, 3.8) is 0 Å². The molecule has 0 atom stereocenters. The first-order valence-corrected chi connectivity index (χ1v) is 4.29. The molecule has 0 nitrogen and oxygen atoms in total. The molecule has 0 aliphatic carbocycles. The summed E-state index contributed by atoms with van der Waals surface area (Å²) in [4.78, 5) is 1.25. The van der Waals surface area contributed by atoms with E-state index < -0.39 is 0 Å². The van der Waals surface area contributed by atoms with Gasteiger partial charge in [0.1, 0.15) is 5.82 Å². The smallest absolute Gasteiger partial charge is 0.123 e. The molecule has 2 rings (SSSR count). The van der Waals surface area contributed by atoms with Crippen molar-refractivity contribution in [2.75, 3.05) is 0 Å². The Hall–Kier alpha value is -0.890. The van der Waals surface area contributed by atoms with Crippen molar-refractivity contribution < 1.29 is 4.39 Å². The number of aryl methyl sites for hydroxylation is 1. The van der Waals surface area contributed by atoms with Crippen LogP contribution in [0.4, 0.5) is 4.39 Å². The summed E-state index contributed by atoms with van der Waals surface area (Å²) in [5.41, 5.74) is 0. The van der Waals surface area contributed by atoms with Gasteiger partial charge in [-0.15, -0.1) is 11.3 Å². The lowest BCUT2D eigenvalue weighted by Crippen LogP contribution is -1.71. The molecular formula is C9H7FS. The number of halogens is 1. The Morgan fingerprint density at radius 1 is 1.36 bits per heavy atom. The molecule has 0 amide bonds. The highest BCUT2D eigenvalue weighted by molar-refractivity contribution is 7.11. The first-order valence-electron chi connectivity index (χ1n) is 3.41. The monoisotopic (exact) mass is 166 g/mol. The minimum Gasteiger partial charge on any atom is -0.207 e. The van der Waals surface area contributed by atoms with E-state index in [2.05, 4.69) is 0 Å². The number of thiophene rings is 1. The number of hydrogen-bond acceptors (Lipinski definition) is 1. The van der Waals surface area contributed by atoms with E-state index in [-0.39, 0.29) is 5.82 Å². The van der Waals surface area contributed by atoms with E-state index in [9.17, 15) is 4.39 Å². The lowest BCUT2D eigenvalue weighted by Gasteiger charge is -1.90. The Kier molecular flexibility index (Phi) is 1.43. The molecule has 0 unspecified atom stereocenters. The average Bonchev–Trinajstić information content (AvgIpc) is 2.32. The number of benzene rings is 1. The van der Waals surface area contributed by atoms with E-state index in [0.29, 0.717) is 0 Å². The second kappa shape index (κ2) is 2.31.